The summed E-state index contributed by atoms with van der Waals surface area (Å²) in [6.45, 7) is 3.47. The molecule has 1 aromatic carbocycles. The third-order valence-electron chi connectivity index (χ3n) is 1.71. The van der Waals surface area contributed by atoms with E-state index >= 15 is 0 Å². The van der Waals surface area contributed by atoms with Crippen LogP contribution in [0.3, 0.4) is 0 Å². The number of hydrogen-bond acceptors (Lipinski definition) is 3. The minimum Gasteiger partial charge on any atom is -0.731 e. The SMILES string of the molecule is Cc1cccc(C)c1NS(=O)(=O)[O-]. The molecule has 4 nitrogen and oxygen atoms in total. The minimum atomic E-state index is -4.42. The lowest BCUT2D eigenvalue weighted by atomic mass is 10.1. The first-order chi connectivity index (χ1) is 5.90. The first-order valence-electron chi connectivity index (χ1n) is 3.70. The van der Waals surface area contributed by atoms with Gasteiger partial charge in [0, 0.05) is 0 Å². The van der Waals surface area contributed by atoms with Gasteiger partial charge >= 0.3 is 0 Å². The molecule has 1 aromatic rings. The Morgan fingerprint density at radius 1 is 1.23 bits per heavy atom. The summed E-state index contributed by atoms with van der Waals surface area (Å²) in [7, 11) is -4.42. The highest BCUT2D eigenvalue weighted by Crippen LogP contribution is 2.19. The number of para-hydroxylation sites is 1. The molecule has 0 unspecified atom stereocenters. The zero-order valence-corrected chi connectivity index (χ0v) is 8.18. The van der Waals surface area contributed by atoms with Crippen molar-refractivity contribution in [3.63, 3.8) is 0 Å². The van der Waals surface area contributed by atoms with E-state index in [1.807, 2.05) is 4.72 Å². The minimum absolute atomic E-state index is 0.373. The van der Waals surface area contributed by atoms with E-state index in [2.05, 4.69) is 0 Å². The van der Waals surface area contributed by atoms with Crippen LogP contribution in [0.5, 0.6) is 0 Å². The molecule has 0 amide bonds. The maximum Gasteiger partial charge on any atom is 0.181 e. The van der Waals surface area contributed by atoms with E-state index in [0.29, 0.717) is 5.69 Å². The molecular formula is C8H10NO3S-. The lowest BCUT2D eigenvalue weighted by molar-refractivity contribution is 0.469. The fourth-order valence-electron chi connectivity index (χ4n) is 1.10. The van der Waals surface area contributed by atoms with Crippen molar-refractivity contribution in [2.45, 2.75) is 13.8 Å². The summed E-state index contributed by atoms with van der Waals surface area (Å²) in [6.07, 6.45) is 0. The van der Waals surface area contributed by atoms with Gasteiger partial charge in [0.15, 0.2) is 10.3 Å². The van der Waals surface area contributed by atoms with Crippen LogP contribution in [-0.2, 0) is 10.3 Å². The van der Waals surface area contributed by atoms with E-state index < -0.39 is 10.3 Å². The second-order valence-corrected chi connectivity index (χ2v) is 3.94. The van der Waals surface area contributed by atoms with E-state index in [4.69, 9.17) is 0 Å². The fourth-order valence-corrected chi connectivity index (χ4v) is 1.67. The molecule has 72 valence electrons. The van der Waals surface area contributed by atoms with Gasteiger partial charge in [0.25, 0.3) is 0 Å². The summed E-state index contributed by atoms with van der Waals surface area (Å²) in [5.41, 5.74) is 1.84. The molecule has 0 atom stereocenters. The van der Waals surface area contributed by atoms with Gasteiger partial charge in [-0.2, -0.15) is 0 Å². The largest absolute Gasteiger partial charge is 0.731 e. The molecule has 1 N–H and O–H groups in total. The molecule has 0 aliphatic heterocycles. The van der Waals surface area contributed by atoms with Crippen molar-refractivity contribution in [2.24, 2.45) is 0 Å². The predicted molar refractivity (Wildman–Crippen MR) is 49.2 cm³/mol. The van der Waals surface area contributed by atoms with Crippen molar-refractivity contribution in [1.82, 2.24) is 0 Å². The third kappa shape index (κ3) is 2.71. The summed E-state index contributed by atoms with van der Waals surface area (Å²) >= 11 is 0. The molecule has 0 aromatic heterocycles. The number of rotatable bonds is 2. The molecule has 0 radical (unpaired) electrons. The summed E-state index contributed by atoms with van der Waals surface area (Å²) in [4.78, 5) is 0. The third-order valence-corrected chi connectivity index (χ3v) is 2.16. The van der Waals surface area contributed by atoms with Crippen LogP contribution in [0.1, 0.15) is 11.1 Å². The molecule has 0 fully saturated rings. The molecule has 5 heteroatoms. The van der Waals surface area contributed by atoms with Gasteiger partial charge in [-0.25, -0.2) is 8.42 Å². The van der Waals surface area contributed by atoms with Crippen molar-refractivity contribution < 1.29 is 13.0 Å². The van der Waals surface area contributed by atoms with Crippen LogP contribution in [0.2, 0.25) is 0 Å². The van der Waals surface area contributed by atoms with Gasteiger partial charge in [-0.3, -0.25) is 4.72 Å². The second-order valence-electron chi connectivity index (χ2n) is 2.82. The molecular weight excluding hydrogens is 190 g/mol. The molecule has 0 aliphatic rings. The van der Waals surface area contributed by atoms with E-state index in [-0.39, 0.29) is 0 Å². The highest BCUT2D eigenvalue weighted by atomic mass is 32.2. The van der Waals surface area contributed by atoms with Gasteiger partial charge in [-0.1, -0.05) is 18.2 Å². The average molecular weight is 200 g/mol. The Labute approximate surface area is 77.5 Å². The number of hydrogen-bond donors (Lipinski definition) is 1. The van der Waals surface area contributed by atoms with E-state index in [1.54, 1.807) is 32.0 Å². The first-order valence-corrected chi connectivity index (χ1v) is 5.11. The van der Waals surface area contributed by atoms with Crippen molar-refractivity contribution >= 4 is 16.0 Å². The highest BCUT2D eigenvalue weighted by molar-refractivity contribution is 7.87. The van der Waals surface area contributed by atoms with Crippen LogP contribution >= 0.6 is 0 Å². The monoisotopic (exact) mass is 200 g/mol. The number of anilines is 1. The van der Waals surface area contributed by atoms with Crippen molar-refractivity contribution in [3.05, 3.63) is 29.3 Å². The van der Waals surface area contributed by atoms with Crippen LogP contribution in [0.15, 0.2) is 18.2 Å². The van der Waals surface area contributed by atoms with Crippen molar-refractivity contribution in [3.8, 4) is 0 Å². The molecule has 0 saturated carbocycles. The lowest BCUT2D eigenvalue weighted by Gasteiger charge is -2.14. The smallest absolute Gasteiger partial charge is 0.181 e. The van der Waals surface area contributed by atoms with E-state index in [9.17, 15) is 13.0 Å². The highest BCUT2D eigenvalue weighted by Gasteiger charge is 2.03. The fraction of sp³-hybridized carbons (Fsp3) is 0.250. The van der Waals surface area contributed by atoms with E-state index in [1.165, 1.54) is 0 Å². The summed E-state index contributed by atoms with van der Waals surface area (Å²) in [5, 5.41) is 0. The topological polar surface area (TPSA) is 69.2 Å². The maximum atomic E-state index is 10.4. The first kappa shape index (κ1) is 10.0. The Kier molecular flexibility index (Phi) is 2.58. The summed E-state index contributed by atoms with van der Waals surface area (Å²) < 4.78 is 33.2. The van der Waals surface area contributed by atoms with Gasteiger partial charge in [-0.15, -0.1) is 0 Å². The average Bonchev–Trinajstić information content (AvgIpc) is 1.95. The molecule has 0 saturated heterocycles. The Morgan fingerprint density at radius 2 is 1.69 bits per heavy atom. The second kappa shape index (κ2) is 3.35. The molecule has 0 spiro atoms. The molecule has 13 heavy (non-hydrogen) atoms. The Balaban J connectivity index is 3.15. The maximum absolute atomic E-state index is 10.4. The van der Waals surface area contributed by atoms with Crippen LogP contribution in [0.4, 0.5) is 5.69 Å². The summed E-state index contributed by atoms with van der Waals surface area (Å²) in [6, 6.07) is 5.27. The van der Waals surface area contributed by atoms with Crippen LogP contribution in [-0.4, -0.2) is 13.0 Å². The molecule has 0 bridgehead atoms. The number of benzene rings is 1. The van der Waals surface area contributed by atoms with Gasteiger partial charge < -0.3 is 4.55 Å². The molecule has 0 aliphatic carbocycles. The lowest BCUT2D eigenvalue weighted by Crippen LogP contribution is -2.12. The molecule has 0 heterocycles. The molecule has 1 rings (SSSR count). The van der Waals surface area contributed by atoms with Crippen LogP contribution in [0.25, 0.3) is 0 Å². The van der Waals surface area contributed by atoms with Crippen LogP contribution < -0.4 is 4.72 Å². The number of aryl methyl sites for hydroxylation is 2. The zero-order valence-electron chi connectivity index (χ0n) is 7.37. The summed E-state index contributed by atoms with van der Waals surface area (Å²) in [5.74, 6) is 0. The van der Waals surface area contributed by atoms with Crippen LogP contribution in [0, 0.1) is 13.8 Å². The quantitative estimate of drug-likeness (QED) is 0.729. The van der Waals surface area contributed by atoms with Gasteiger partial charge in [0.05, 0.1) is 5.69 Å². The van der Waals surface area contributed by atoms with Gasteiger partial charge in [0.2, 0.25) is 0 Å². The Hall–Kier alpha value is -1.07. The predicted octanol–water partition coefficient (Wildman–Crippen LogP) is 1.18. The van der Waals surface area contributed by atoms with Gasteiger partial charge in [-0.05, 0) is 25.0 Å². The normalized spacial score (nSPS) is 11.3. The van der Waals surface area contributed by atoms with Crippen molar-refractivity contribution in [1.29, 1.82) is 0 Å². The van der Waals surface area contributed by atoms with E-state index in [0.717, 1.165) is 11.1 Å². The van der Waals surface area contributed by atoms with Gasteiger partial charge in [0.1, 0.15) is 0 Å². The Bertz CT molecular complexity index is 391. The zero-order chi connectivity index (χ0) is 10.1. The standard InChI is InChI=1S/C8H11NO3S/c1-6-4-3-5-7(2)8(6)9-13(10,11)12/h3-5,9H,1-2H3,(H,10,11,12)/p-1. The number of nitrogens with one attached hydrogen (secondary N) is 1. The Morgan fingerprint density at radius 3 is 2.08 bits per heavy atom. The van der Waals surface area contributed by atoms with Crippen molar-refractivity contribution in [2.75, 3.05) is 4.72 Å².